The number of esters is 3. The summed E-state index contributed by atoms with van der Waals surface area (Å²) >= 11 is 0. The molecular formula is C71H118O6. The maximum absolute atomic E-state index is 12.9. The first-order chi connectivity index (χ1) is 38.0. The van der Waals surface area contributed by atoms with Crippen molar-refractivity contribution in [2.24, 2.45) is 0 Å². The number of unbranched alkanes of at least 4 members (excludes halogenated alkanes) is 26. The Bertz CT molecular complexity index is 1600. The van der Waals surface area contributed by atoms with E-state index in [1.54, 1.807) is 0 Å². The Kier molecular flexibility index (Phi) is 60.8. The van der Waals surface area contributed by atoms with Crippen LogP contribution in [0.4, 0.5) is 0 Å². The van der Waals surface area contributed by atoms with E-state index in [1.807, 2.05) is 0 Å². The highest BCUT2D eigenvalue weighted by Gasteiger charge is 2.19. The van der Waals surface area contributed by atoms with Crippen LogP contribution in [0.25, 0.3) is 0 Å². The first-order valence-corrected chi connectivity index (χ1v) is 32.0. The lowest BCUT2D eigenvalue weighted by atomic mass is 10.0. The van der Waals surface area contributed by atoms with Gasteiger partial charge in [0, 0.05) is 19.3 Å². The Morgan fingerprint density at radius 2 is 0.506 bits per heavy atom. The standard InChI is InChI=1S/C71H118O6/c1-4-7-10-13-16-19-22-25-28-30-32-33-34-35-36-37-39-40-43-46-49-52-55-58-61-64-70(73)76-67-68(66-75-69(72)63-60-57-54-51-48-45-42-27-24-21-18-15-12-9-6-3)77-71(74)65-62-59-56-53-50-47-44-41-38-31-29-26-23-20-17-14-11-8-5-2/h7-8,10-11,16-21,25-29,32-33,38,41-42,68H,4-6,9,12-15,22-24,30-31,34-37,39-40,43-67H2,1-3H3/b10-7-,11-8-,19-16-,20-17-,21-18-,28-25-,29-26-,33-32-,41-38-,42-27-. The van der Waals surface area contributed by atoms with Crippen molar-refractivity contribution in [3.63, 3.8) is 0 Å². The molecule has 0 saturated carbocycles. The Balaban J connectivity index is 4.38. The zero-order valence-corrected chi connectivity index (χ0v) is 50.2. The second kappa shape index (κ2) is 64.3. The van der Waals surface area contributed by atoms with Crippen LogP contribution in [0.3, 0.4) is 0 Å². The van der Waals surface area contributed by atoms with Crippen LogP contribution >= 0.6 is 0 Å². The summed E-state index contributed by atoms with van der Waals surface area (Å²) in [4.78, 5) is 38.3. The largest absolute Gasteiger partial charge is 0.462 e. The Morgan fingerprint density at radius 3 is 0.792 bits per heavy atom. The van der Waals surface area contributed by atoms with Gasteiger partial charge in [0.2, 0.25) is 0 Å². The molecule has 0 aromatic rings. The van der Waals surface area contributed by atoms with E-state index in [0.717, 1.165) is 148 Å². The minimum atomic E-state index is -0.797. The molecule has 0 amide bonds. The average molecular weight is 1070 g/mol. The van der Waals surface area contributed by atoms with Crippen LogP contribution in [0.2, 0.25) is 0 Å². The number of hydrogen-bond acceptors (Lipinski definition) is 6. The number of hydrogen-bond donors (Lipinski definition) is 0. The third kappa shape index (κ3) is 62.5. The fourth-order valence-electron chi connectivity index (χ4n) is 8.69. The van der Waals surface area contributed by atoms with Gasteiger partial charge in [-0.25, -0.2) is 0 Å². The van der Waals surface area contributed by atoms with Gasteiger partial charge >= 0.3 is 17.9 Å². The molecule has 0 radical (unpaired) electrons. The van der Waals surface area contributed by atoms with E-state index in [1.165, 1.54) is 103 Å². The van der Waals surface area contributed by atoms with Gasteiger partial charge in [0.05, 0.1) is 0 Å². The number of allylic oxidation sites excluding steroid dienone is 20. The molecule has 0 aliphatic heterocycles. The van der Waals surface area contributed by atoms with E-state index in [0.29, 0.717) is 19.3 Å². The van der Waals surface area contributed by atoms with Crippen molar-refractivity contribution in [1.82, 2.24) is 0 Å². The van der Waals surface area contributed by atoms with Crippen molar-refractivity contribution in [3.8, 4) is 0 Å². The molecule has 0 aromatic carbocycles. The minimum absolute atomic E-state index is 0.0912. The first kappa shape index (κ1) is 72.8. The lowest BCUT2D eigenvalue weighted by molar-refractivity contribution is -0.167. The van der Waals surface area contributed by atoms with Crippen molar-refractivity contribution in [2.45, 2.75) is 297 Å². The van der Waals surface area contributed by atoms with Gasteiger partial charge in [0.15, 0.2) is 6.10 Å². The molecule has 6 heteroatoms. The molecule has 1 unspecified atom stereocenters. The van der Waals surface area contributed by atoms with E-state index in [2.05, 4.69) is 142 Å². The fraction of sp³-hybridized carbons (Fsp3) is 0.676. The third-order valence-electron chi connectivity index (χ3n) is 13.4. The van der Waals surface area contributed by atoms with Gasteiger partial charge < -0.3 is 14.2 Å². The lowest BCUT2D eigenvalue weighted by Crippen LogP contribution is -2.30. The molecule has 0 aliphatic rings. The zero-order valence-electron chi connectivity index (χ0n) is 50.2. The molecule has 6 nitrogen and oxygen atoms in total. The summed E-state index contributed by atoms with van der Waals surface area (Å²) in [6.07, 6.45) is 89.1. The number of carbonyl (C=O) groups is 3. The van der Waals surface area contributed by atoms with Crippen LogP contribution in [0.15, 0.2) is 122 Å². The summed E-state index contributed by atoms with van der Waals surface area (Å²) in [7, 11) is 0. The van der Waals surface area contributed by atoms with Gasteiger partial charge in [-0.2, -0.15) is 0 Å². The highest BCUT2D eigenvalue weighted by atomic mass is 16.6. The van der Waals surface area contributed by atoms with Crippen LogP contribution < -0.4 is 0 Å². The smallest absolute Gasteiger partial charge is 0.306 e. The molecule has 0 bridgehead atoms. The molecule has 0 saturated heterocycles. The summed E-state index contributed by atoms with van der Waals surface area (Å²) in [6, 6.07) is 0. The summed E-state index contributed by atoms with van der Waals surface area (Å²) in [5, 5.41) is 0. The lowest BCUT2D eigenvalue weighted by Gasteiger charge is -2.18. The Labute approximate surface area is 475 Å². The van der Waals surface area contributed by atoms with Crippen molar-refractivity contribution >= 4 is 17.9 Å². The molecule has 0 fully saturated rings. The van der Waals surface area contributed by atoms with Crippen LogP contribution in [0, 0.1) is 0 Å². The highest BCUT2D eigenvalue weighted by molar-refractivity contribution is 5.71. The summed E-state index contributed by atoms with van der Waals surface area (Å²) in [5.41, 5.74) is 0. The normalized spacial score (nSPS) is 12.9. The van der Waals surface area contributed by atoms with E-state index in [9.17, 15) is 14.4 Å². The Hall–Kier alpha value is -4.19. The van der Waals surface area contributed by atoms with Crippen LogP contribution in [0.5, 0.6) is 0 Å². The van der Waals surface area contributed by atoms with E-state index >= 15 is 0 Å². The molecule has 0 spiro atoms. The number of ether oxygens (including phenoxy) is 3. The van der Waals surface area contributed by atoms with Crippen molar-refractivity contribution < 1.29 is 28.6 Å². The van der Waals surface area contributed by atoms with E-state index in [4.69, 9.17) is 14.2 Å². The molecule has 0 aliphatic carbocycles. The van der Waals surface area contributed by atoms with Gasteiger partial charge in [-0.15, -0.1) is 0 Å². The Morgan fingerprint density at radius 1 is 0.273 bits per heavy atom. The molecular weight excluding hydrogens is 949 g/mol. The second-order valence-electron chi connectivity index (χ2n) is 20.9. The maximum atomic E-state index is 12.9. The molecule has 0 heterocycles. The van der Waals surface area contributed by atoms with E-state index < -0.39 is 6.10 Å². The molecule has 1 atom stereocenters. The third-order valence-corrected chi connectivity index (χ3v) is 13.4. The van der Waals surface area contributed by atoms with Crippen molar-refractivity contribution in [3.05, 3.63) is 122 Å². The summed E-state index contributed by atoms with van der Waals surface area (Å²) in [5.74, 6) is -0.916. The molecule has 438 valence electrons. The predicted octanol–water partition coefficient (Wildman–Crippen LogP) is 22.0. The van der Waals surface area contributed by atoms with Gasteiger partial charge in [0.1, 0.15) is 13.2 Å². The number of carbonyl (C=O) groups excluding carboxylic acids is 3. The van der Waals surface area contributed by atoms with Crippen molar-refractivity contribution in [1.29, 1.82) is 0 Å². The molecule has 0 N–H and O–H groups in total. The van der Waals surface area contributed by atoms with Gasteiger partial charge in [-0.3, -0.25) is 14.4 Å². The second-order valence-corrected chi connectivity index (χ2v) is 20.9. The van der Waals surface area contributed by atoms with Gasteiger partial charge in [-0.1, -0.05) is 264 Å². The van der Waals surface area contributed by atoms with Crippen LogP contribution in [0.1, 0.15) is 290 Å². The molecule has 0 rings (SSSR count). The van der Waals surface area contributed by atoms with Gasteiger partial charge in [-0.05, 0) is 128 Å². The van der Waals surface area contributed by atoms with Crippen LogP contribution in [-0.2, 0) is 28.6 Å². The topological polar surface area (TPSA) is 78.9 Å². The summed E-state index contributed by atoms with van der Waals surface area (Å²) < 4.78 is 16.9. The predicted molar refractivity (Wildman–Crippen MR) is 334 cm³/mol. The summed E-state index contributed by atoms with van der Waals surface area (Å²) in [6.45, 7) is 6.38. The SMILES string of the molecule is CC/C=C\C/C=C\C/C=C\C/C=C\CCCCCCCCCCCCCCC(=O)OCC(COC(=O)CCCCCCC/C=C\C/C=C\CCCCC)OC(=O)CCCCCCCC/C=C\C/C=C\C/C=C\C/C=C\CC. The quantitative estimate of drug-likeness (QED) is 0.0261. The average Bonchev–Trinajstić information content (AvgIpc) is 3.43. The zero-order chi connectivity index (χ0) is 55.7. The number of rotatable bonds is 57. The first-order valence-electron chi connectivity index (χ1n) is 32.0. The van der Waals surface area contributed by atoms with E-state index in [-0.39, 0.29) is 31.1 Å². The minimum Gasteiger partial charge on any atom is -0.462 e. The monoisotopic (exact) mass is 1070 g/mol. The molecule has 77 heavy (non-hydrogen) atoms. The maximum Gasteiger partial charge on any atom is 0.306 e. The van der Waals surface area contributed by atoms with Crippen molar-refractivity contribution in [2.75, 3.05) is 13.2 Å². The fourth-order valence-corrected chi connectivity index (χ4v) is 8.69. The van der Waals surface area contributed by atoms with Crippen LogP contribution in [-0.4, -0.2) is 37.2 Å². The highest BCUT2D eigenvalue weighted by Crippen LogP contribution is 2.16. The molecule has 0 aromatic heterocycles. The van der Waals surface area contributed by atoms with Gasteiger partial charge in [0.25, 0.3) is 0 Å².